The number of aliphatic carboxylic acids is 1. The van der Waals surface area contributed by atoms with Crippen molar-refractivity contribution >= 4 is 25.7 Å². The van der Waals surface area contributed by atoms with E-state index in [1.807, 2.05) is 55.5 Å². The Hall–Kier alpha value is -2.86. The summed E-state index contributed by atoms with van der Waals surface area (Å²) < 4.78 is 32.7. The summed E-state index contributed by atoms with van der Waals surface area (Å²) in [6.45, 7) is 2.52. The summed E-state index contributed by atoms with van der Waals surface area (Å²) in [5.74, 6) is -2.48. The highest BCUT2D eigenvalue weighted by molar-refractivity contribution is 7.47. The number of carboxylic acid groups (broad SMARTS) is 1. The van der Waals surface area contributed by atoms with Crippen LogP contribution in [0.1, 0.15) is 200 Å². The van der Waals surface area contributed by atoms with Crippen molar-refractivity contribution in [1.29, 1.82) is 0 Å². The number of hydrogen-bond acceptors (Lipinski definition) is 10. The first-order chi connectivity index (χ1) is 30.5. The van der Waals surface area contributed by atoms with Crippen LogP contribution >= 0.6 is 7.82 Å². The molecule has 364 valence electrons. The van der Waals surface area contributed by atoms with Crippen LogP contribution in [0, 0.1) is 0 Å². The molecule has 0 heterocycles. The van der Waals surface area contributed by atoms with Crippen LogP contribution < -0.4 is 5.73 Å². The van der Waals surface area contributed by atoms with Crippen molar-refractivity contribution in [3.63, 3.8) is 0 Å². The van der Waals surface area contributed by atoms with Gasteiger partial charge in [0.05, 0.1) is 19.3 Å². The summed E-state index contributed by atoms with van der Waals surface area (Å²) in [6, 6.07) is -1.54. The van der Waals surface area contributed by atoms with Gasteiger partial charge in [0.2, 0.25) is 0 Å². The summed E-state index contributed by atoms with van der Waals surface area (Å²) in [5, 5.41) is 18.7. The smallest absolute Gasteiger partial charge is 0.472 e. The second kappa shape index (κ2) is 44.3. The molecule has 63 heavy (non-hydrogen) atoms. The van der Waals surface area contributed by atoms with Crippen molar-refractivity contribution < 1.29 is 52.6 Å². The summed E-state index contributed by atoms with van der Waals surface area (Å²) in [5.41, 5.74) is 5.34. The van der Waals surface area contributed by atoms with E-state index in [1.54, 1.807) is 6.08 Å². The fourth-order valence-electron chi connectivity index (χ4n) is 6.53. The molecule has 5 N–H and O–H groups in total. The van der Waals surface area contributed by atoms with Crippen molar-refractivity contribution in [1.82, 2.24) is 0 Å². The molecule has 0 bridgehead atoms. The van der Waals surface area contributed by atoms with Gasteiger partial charge < -0.3 is 30.3 Å². The second-order valence-electron chi connectivity index (χ2n) is 16.4. The molecule has 0 aromatic rings. The SMILES string of the molecule is CC/C=C\C(O)C/C=C/C=C\C/C=C\C/C=C\CCCC(=O)O[C@H](COC(=O)CCCCCCCCCCCCCCCCCCCCCCC)COP(=O)(O)OC[C@H](N)C(=O)O. The number of nitrogens with two attached hydrogens (primary N) is 1. The van der Waals surface area contributed by atoms with Gasteiger partial charge in [0.25, 0.3) is 0 Å². The Morgan fingerprint density at radius 2 is 1.06 bits per heavy atom. The molecule has 0 aliphatic heterocycles. The van der Waals surface area contributed by atoms with E-state index in [4.69, 9.17) is 24.8 Å². The Balaban J connectivity index is 4.36. The maximum Gasteiger partial charge on any atom is 0.472 e. The average Bonchev–Trinajstić information content (AvgIpc) is 3.26. The lowest BCUT2D eigenvalue weighted by atomic mass is 10.0. The number of ether oxygens (including phenoxy) is 2. The van der Waals surface area contributed by atoms with E-state index in [2.05, 4.69) is 17.5 Å². The monoisotopic (exact) mass is 910 g/mol. The number of phosphoric acid groups is 1. The molecule has 0 spiro atoms. The third-order valence-electron chi connectivity index (χ3n) is 10.4. The van der Waals surface area contributed by atoms with E-state index in [9.17, 15) is 28.9 Å². The topological polar surface area (TPSA) is 192 Å². The van der Waals surface area contributed by atoms with Crippen LogP contribution in [0.25, 0.3) is 0 Å². The van der Waals surface area contributed by atoms with Gasteiger partial charge in [-0.15, -0.1) is 0 Å². The molecule has 0 amide bonds. The minimum atomic E-state index is -4.75. The van der Waals surface area contributed by atoms with Crippen LogP contribution in [0.15, 0.2) is 60.8 Å². The molecule has 0 aliphatic carbocycles. The molecule has 2 unspecified atom stereocenters. The van der Waals surface area contributed by atoms with Gasteiger partial charge in [-0.05, 0) is 44.9 Å². The molecule has 0 aromatic heterocycles. The van der Waals surface area contributed by atoms with Crippen molar-refractivity contribution in [3.8, 4) is 0 Å². The minimum Gasteiger partial charge on any atom is -0.480 e. The number of aliphatic hydroxyl groups excluding tert-OH is 1. The number of aliphatic hydroxyl groups is 1. The number of phosphoric ester groups is 1. The number of carbonyl (C=O) groups is 3. The first kappa shape index (κ1) is 60.1. The average molecular weight is 910 g/mol. The van der Waals surface area contributed by atoms with Crippen LogP contribution in [0.4, 0.5) is 0 Å². The lowest BCUT2D eigenvalue weighted by Gasteiger charge is -2.20. The molecule has 0 fully saturated rings. The van der Waals surface area contributed by atoms with E-state index in [1.165, 1.54) is 109 Å². The molecule has 0 radical (unpaired) electrons. The Bertz CT molecular complexity index is 1310. The number of hydrogen-bond donors (Lipinski definition) is 4. The highest BCUT2D eigenvalue weighted by Crippen LogP contribution is 2.43. The van der Waals surface area contributed by atoms with E-state index in [-0.39, 0.29) is 19.4 Å². The Labute approximate surface area is 381 Å². The molecule has 0 saturated heterocycles. The van der Waals surface area contributed by atoms with Gasteiger partial charge in [-0.3, -0.25) is 23.4 Å². The zero-order valence-corrected chi connectivity index (χ0v) is 40.2. The number of allylic oxidation sites excluding steroid dienone is 8. The molecule has 0 rings (SSSR count). The largest absolute Gasteiger partial charge is 0.480 e. The number of carbonyl (C=O) groups excluding carboxylic acids is 2. The third-order valence-corrected chi connectivity index (χ3v) is 11.3. The van der Waals surface area contributed by atoms with Crippen LogP contribution in [0.3, 0.4) is 0 Å². The molecule has 4 atom stereocenters. The lowest BCUT2D eigenvalue weighted by molar-refractivity contribution is -0.161. The summed E-state index contributed by atoms with van der Waals surface area (Å²) in [4.78, 5) is 46.1. The van der Waals surface area contributed by atoms with Gasteiger partial charge >= 0.3 is 25.7 Å². The normalized spacial score (nSPS) is 14.6. The summed E-state index contributed by atoms with van der Waals surface area (Å²) in [7, 11) is -4.75. The third kappa shape index (κ3) is 44.1. The van der Waals surface area contributed by atoms with Crippen molar-refractivity contribution in [2.75, 3.05) is 19.8 Å². The van der Waals surface area contributed by atoms with Gasteiger partial charge in [-0.1, -0.05) is 203 Å². The van der Waals surface area contributed by atoms with Crippen LogP contribution in [0.2, 0.25) is 0 Å². The van der Waals surface area contributed by atoms with Gasteiger partial charge in [-0.2, -0.15) is 0 Å². The molecule has 0 aromatic carbocycles. The standard InChI is InChI=1S/C50H88NO11P/c1-3-5-7-8-9-10-11-12-13-14-15-16-17-18-19-20-24-27-30-33-36-40-48(53)59-42-46(43-60-63(57,58)61-44-47(51)50(55)56)62-49(54)41-37-34-31-28-25-22-21-23-26-29-32-35-39-45(52)38-6-4-2/h6,21-22,26,28-29,31-32,35,38,45-47,52H,3-5,7-20,23-25,27,30,33-34,36-37,39-44,51H2,1-2H3,(H,55,56)(H,57,58)/b22-21-,29-26-,31-28-,35-32+,38-6-/t45?,46-,47+/m1/s1. The highest BCUT2D eigenvalue weighted by atomic mass is 31.2. The van der Waals surface area contributed by atoms with E-state index >= 15 is 0 Å². The van der Waals surface area contributed by atoms with Gasteiger partial charge in [0.15, 0.2) is 6.10 Å². The maximum atomic E-state index is 12.6. The number of rotatable bonds is 45. The predicted molar refractivity (Wildman–Crippen MR) is 255 cm³/mol. The predicted octanol–water partition coefficient (Wildman–Crippen LogP) is 12.5. The lowest BCUT2D eigenvalue weighted by Crippen LogP contribution is -2.34. The van der Waals surface area contributed by atoms with Gasteiger partial charge in [-0.25, -0.2) is 4.57 Å². The second-order valence-corrected chi connectivity index (χ2v) is 17.9. The van der Waals surface area contributed by atoms with Crippen LogP contribution in [-0.2, 0) is 37.5 Å². The molecular weight excluding hydrogens is 822 g/mol. The molecule has 12 nitrogen and oxygen atoms in total. The maximum absolute atomic E-state index is 12.6. The van der Waals surface area contributed by atoms with Crippen LogP contribution in [-0.4, -0.2) is 71.1 Å². The summed E-state index contributed by atoms with van der Waals surface area (Å²) in [6.07, 6.45) is 49.2. The van der Waals surface area contributed by atoms with Crippen molar-refractivity contribution in [2.45, 2.75) is 218 Å². The van der Waals surface area contributed by atoms with Gasteiger partial charge in [0.1, 0.15) is 12.6 Å². The zero-order chi connectivity index (χ0) is 46.5. The molecular formula is C50H88NO11P. The quantitative estimate of drug-likeness (QED) is 0.0149. The molecule has 0 saturated carbocycles. The number of carboxylic acids is 1. The Morgan fingerprint density at radius 3 is 1.60 bits per heavy atom. The Kier molecular flexibility index (Phi) is 42.3. The van der Waals surface area contributed by atoms with Crippen molar-refractivity contribution in [3.05, 3.63) is 60.8 Å². The Morgan fingerprint density at radius 1 is 0.587 bits per heavy atom. The minimum absolute atomic E-state index is 0.0645. The zero-order valence-electron chi connectivity index (χ0n) is 39.3. The van der Waals surface area contributed by atoms with E-state index in [0.717, 1.165) is 38.5 Å². The van der Waals surface area contributed by atoms with E-state index in [0.29, 0.717) is 25.7 Å². The highest BCUT2D eigenvalue weighted by Gasteiger charge is 2.28. The fourth-order valence-corrected chi connectivity index (χ4v) is 7.31. The molecule has 0 aliphatic rings. The first-order valence-corrected chi connectivity index (χ1v) is 25.9. The first-order valence-electron chi connectivity index (χ1n) is 24.4. The molecule has 13 heteroatoms. The van der Waals surface area contributed by atoms with E-state index < -0.39 is 57.2 Å². The fraction of sp³-hybridized carbons (Fsp3) is 0.740. The number of esters is 2. The summed E-state index contributed by atoms with van der Waals surface area (Å²) >= 11 is 0. The number of unbranched alkanes of at least 4 members (excludes halogenated alkanes) is 21. The van der Waals surface area contributed by atoms with Crippen LogP contribution in [0.5, 0.6) is 0 Å². The van der Waals surface area contributed by atoms with Crippen molar-refractivity contribution in [2.24, 2.45) is 5.73 Å². The van der Waals surface area contributed by atoms with Gasteiger partial charge in [0, 0.05) is 12.8 Å².